The summed E-state index contributed by atoms with van der Waals surface area (Å²) < 4.78 is 0. The minimum absolute atomic E-state index is 0.0151. The molecular formula is C12H20O2. The molecule has 0 bridgehead atoms. The monoisotopic (exact) mass is 196 g/mol. The Morgan fingerprint density at radius 1 is 0.857 bits per heavy atom. The van der Waals surface area contributed by atoms with Gasteiger partial charge >= 0.3 is 0 Å². The van der Waals surface area contributed by atoms with Crippen LogP contribution in [0.4, 0.5) is 0 Å². The third kappa shape index (κ3) is 2.23. The number of rotatable bonds is 2. The van der Waals surface area contributed by atoms with Crippen molar-refractivity contribution in [2.45, 2.75) is 40.5 Å². The quantitative estimate of drug-likeness (QED) is 0.680. The van der Waals surface area contributed by atoms with Gasteiger partial charge in [-0.15, -0.1) is 0 Å². The topological polar surface area (TPSA) is 34.1 Å². The molecule has 4 unspecified atom stereocenters. The fourth-order valence-electron chi connectivity index (χ4n) is 2.49. The highest BCUT2D eigenvalue weighted by Gasteiger charge is 2.37. The van der Waals surface area contributed by atoms with Crippen LogP contribution in [0.25, 0.3) is 0 Å². The molecule has 4 atom stereocenters. The van der Waals surface area contributed by atoms with Crippen LogP contribution >= 0.6 is 0 Å². The molecule has 0 aromatic heterocycles. The number of hydrogen-bond donors (Lipinski definition) is 0. The van der Waals surface area contributed by atoms with Crippen molar-refractivity contribution in [2.24, 2.45) is 23.7 Å². The predicted octanol–water partition coefficient (Wildman–Crippen LogP) is 2.46. The Kier molecular flexibility index (Phi) is 3.46. The Hall–Kier alpha value is -0.660. The standard InChI is InChI=1S/C12H20O2/c1-7-5-11(9(3)13)12(10(4)14)6-8(7)2/h7-8,11-12H,5-6H2,1-4H3. The number of carbonyl (C=O) groups is 2. The van der Waals surface area contributed by atoms with Gasteiger partial charge in [0.1, 0.15) is 11.6 Å². The second-order valence-corrected chi connectivity index (χ2v) is 4.86. The van der Waals surface area contributed by atoms with Gasteiger partial charge in [0.2, 0.25) is 0 Å². The van der Waals surface area contributed by atoms with Gasteiger partial charge in [-0.05, 0) is 38.5 Å². The molecule has 0 aromatic carbocycles. The van der Waals surface area contributed by atoms with Crippen LogP contribution in [0.1, 0.15) is 40.5 Å². The molecule has 1 aliphatic carbocycles. The predicted molar refractivity (Wildman–Crippen MR) is 55.9 cm³/mol. The largest absolute Gasteiger partial charge is 0.300 e. The lowest BCUT2D eigenvalue weighted by Gasteiger charge is -2.36. The molecule has 0 radical (unpaired) electrons. The van der Waals surface area contributed by atoms with E-state index in [-0.39, 0.29) is 23.4 Å². The second-order valence-electron chi connectivity index (χ2n) is 4.86. The summed E-state index contributed by atoms with van der Waals surface area (Å²) in [5.74, 6) is 1.48. The molecule has 0 N–H and O–H groups in total. The molecule has 0 saturated heterocycles. The lowest BCUT2D eigenvalue weighted by Crippen LogP contribution is -2.36. The van der Waals surface area contributed by atoms with Crippen LogP contribution in [-0.2, 0) is 9.59 Å². The Labute approximate surface area is 86.1 Å². The van der Waals surface area contributed by atoms with Crippen LogP contribution in [0.3, 0.4) is 0 Å². The summed E-state index contributed by atoms with van der Waals surface area (Å²) in [6, 6.07) is 0. The summed E-state index contributed by atoms with van der Waals surface area (Å²) in [6.07, 6.45) is 1.78. The van der Waals surface area contributed by atoms with Crippen molar-refractivity contribution < 1.29 is 9.59 Å². The van der Waals surface area contributed by atoms with E-state index in [1.807, 2.05) is 0 Å². The van der Waals surface area contributed by atoms with Crippen LogP contribution in [-0.4, -0.2) is 11.6 Å². The van der Waals surface area contributed by atoms with Crippen molar-refractivity contribution in [3.8, 4) is 0 Å². The smallest absolute Gasteiger partial charge is 0.133 e. The van der Waals surface area contributed by atoms with E-state index >= 15 is 0 Å². The van der Waals surface area contributed by atoms with E-state index < -0.39 is 0 Å². The van der Waals surface area contributed by atoms with Gasteiger partial charge in [-0.1, -0.05) is 13.8 Å². The Morgan fingerprint density at radius 2 is 1.14 bits per heavy atom. The van der Waals surface area contributed by atoms with Gasteiger partial charge in [-0.2, -0.15) is 0 Å². The molecule has 2 heteroatoms. The number of ketones is 2. The van der Waals surface area contributed by atoms with Crippen molar-refractivity contribution in [1.82, 2.24) is 0 Å². The van der Waals surface area contributed by atoms with Gasteiger partial charge in [0.05, 0.1) is 0 Å². The summed E-state index contributed by atoms with van der Waals surface area (Å²) in [7, 11) is 0. The molecule has 0 aliphatic heterocycles. The summed E-state index contributed by atoms with van der Waals surface area (Å²) in [4.78, 5) is 22.8. The van der Waals surface area contributed by atoms with Gasteiger partial charge < -0.3 is 0 Å². The molecule has 0 aromatic rings. The normalized spacial score (nSPS) is 38.0. The van der Waals surface area contributed by atoms with E-state index in [0.717, 1.165) is 12.8 Å². The minimum Gasteiger partial charge on any atom is -0.300 e. The Balaban J connectivity index is 2.80. The summed E-state index contributed by atoms with van der Waals surface area (Å²) >= 11 is 0. The van der Waals surface area contributed by atoms with E-state index in [1.54, 1.807) is 13.8 Å². The van der Waals surface area contributed by atoms with E-state index in [0.29, 0.717) is 11.8 Å². The third-order valence-electron chi connectivity index (χ3n) is 3.75. The third-order valence-corrected chi connectivity index (χ3v) is 3.75. The second kappa shape index (κ2) is 4.24. The average Bonchev–Trinajstić information content (AvgIpc) is 2.08. The molecule has 0 heterocycles. The SMILES string of the molecule is CC(=O)C1CC(C)C(C)CC1C(C)=O. The van der Waals surface area contributed by atoms with Gasteiger partial charge in [0, 0.05) is 11.8 Å². The van der Waals surface area contributed by atoms with Crippen molar-refractivity contribution in [3.05, 3.63) is 0 Å². The molecule has 2 nitrogen and oxygen atoms in total. The highest BCUT2D eigenvalue weighted by Crippen LogP contribution is 2.38. The molecule has 1 fully saturated rings. The fourth-order valence-corrected chi connectivity index (χ4v) is 2.49. The highest BCUT2D eigenvalue weighted by molar-refractivity contribution is 5.87. The van der Waals surface area contributed by atoms with Crippen LogP contribution in [0, 0.1) is 23.7 Å². The molecule has 0 spiro atoms. The fraction of sp³-hybridized carbons (Fsp3) is 0.833. The molecule has 1 aliphatic rings. The molecule has 0 amide bonds. The first-order valence-corrected chi connectivity index (χ1v) is 5.44. The Bertz CT molecular complexity index is 219. The van der Waals surface area contributed by atoms with E-state index in [2.05, 4.69) is 13.8 Å². The number of Topliss-reactive ketones (excluding diaryl/α,β-unsaturated/α-hetero) is 2. The maximum atomic E-state index is 11.4. The molecule has 14 heavy (non-hydrogen) atoms. The van der Waals surface area contributed by atoms with Crippen molar-refractivity contribution >= 4 is 11.6 Å². The number of hydrogen-bond acceptors (Lipinski definition) is 2. The molecule has 1 saturated carbocycles. The van der Waals surface area contributed by atoms with Gasteiger partial charge in [0.15, 0.2) is 0 Å². The van der Waals surface area contributed by atoms with Gasteiger partial charge in [0.25, 0.3) is 0 Å². The zero-order valence-corrected chi connectivity index (χ0v) is 9.54. The first-order valence-electron chi connectivity index (χ1n) is 5.44. The molecular weight excluding hydrogens is 176 g/mol. The van der Waals surface area contributed by atoms with Crippen LogP contribution in [0.2, 0.25) is 0 Å². The van der Waals surface area contributed by atoms with E-state index in [1.165, 1.54) is 0 Å². The first kappa shape index (κ1) is 11.4. The van der Waals surface area contributed by atoms with Crippen molar-refractivity contribution in [3.63, 3.8) is 0 Å². The van der Waals surface area contributed by atoms with Crippen LogP contribution in [0.5, 0.6) is 0 Å². The van der Waals surface area contributed by atoms with Crippen molar-refractivity contribution in [1.29, 1.82) is 0 Å². The van der Waals surface area contributed by atoms with Gasteiger partial charge in [-0.3, -0.25) is 9.59 Å². The lowest BCUT2D eigenvalue weighted by molar-refractivity contribution is -0.133. The molecule has 80 valence electrons. The summed E-state index contributed by atoms with van der Waals surface area (Å²) in [5.41, 5.74) is 0. The zero-order valence-electron chi connectivity index (χ0n) is 9.54. The average molecular weight is 196 g/mol. The first-order chi connectivity index (χ1) is 6.43. The van der Waals surface area contributed by atoms with Gasteiger partial charge in [-0.25, -0.2) is 0 Å². The molecule has 1 rings (SSSR count). The van der Waals surface area contributed by atoms with E-state index in [9.17, 15) is 9.59 Å². The summed E-state index contributed by atoms with van der Waals surface area (Å²) in [5, 5.41) is 0. The maximum Gasteiger partial charge on any atom is 0.133 e. The van der Waals surface area contributed by atoms with Crippen molar-refractivity contribution in [2.75, 3.05) is 0 Å². The zero-order chi connectivity index (χ0) is 10.9. The number of carbonyl (C=O) groups excluding carboxylic acids is 2. The van der Waals surface area contributed by atoms with E-state index in [4.69, 9.17) is 0 Å². The minimum atomic E-state index is -0.0151. The highest BCUT2D eigenvalue weighted by atomic mass is 16.1. The Morgan fingerprint density at radius 3 is 1.36 bits per heavy atom. The summed E-state index contributed by atoms with van der Waals surface area (Å²) in [6.45, 7) is 7.58. The van der Waals surface area contributed by atoms with Crippen LogP contribution < -0.4 is 0 Å². The maximum absolute atomic E-state index is 11.4. The lowest BCUT2D eigenvalue weighted by atomic mass is 9.67. The van der Waals surface area contributed by atoms with Crippen LogP contribution in [0.15, 0.2) is 0 Å².